The Morgan fingerprint density at radius 2 is 1.24 bits per heavy atom. The maximum absolute atomic E-state index is 13.1. The maximum Gasteiger partial charge on any atom is 0.397 e. The van der Waals surface area contributed by atoms with E-state index in [1.807, 2.05) is 0 Å². The summed E-state index contributed by atoms with van der Waals surface area (Å²) in [5.74, 6) is -0.317. The third-order valence-corrected chi connectivity index (χ3v) is 6.65. The lowest BCUT2D eigenvalue weighted by Gasteiger charge is -2.31. The second-order valence-electron chi connectivity index (χ2n) is 6.72. The van der Waals surface area contributed by atoms with E-state index in [9.17, 15) is 9.36 Å². The van der Waals surface area contributed by atoms with E-state index in [4.69, 9.17) is 9.05 Å². The normalized spacial score (nSPS) is 22.6. The molecule has 0 aromatic heterocycles. The fourth-order valence-corrected chi connectivity index (χ4v) is 5.28. The average molecular weight is 316 g/mol. The Hall–Kier alpha value is -0.180. The number of hydrogen-bond acceptors (Lipinski definition) is 4. The summed E-state index contributed by atoms with van der Waals surface area (Å²) in [6.45, 7) is 3.53. The van der Waals surface area contributed by atoms with Crippen LogP contribution in [0.3, 0.4) is 0 Å². The van der Waals surface area contributed by atoms with Crippen LogP contribution < -0.4 is 0 Å². The van der Waals surface area contributed by atoms with Gasteiger partial charge in [0.25, 0.3) is 0 Å². The smallest absolute Gasteiger partial charge is 0.300 e. The molecule has 2 aliphatic rings. The van der Waals surface area contributed by atoms with Crippen molar-refractivity contribution in [2.45, 2.75) is 90.3 Å². The van der Waals surface area contributed by atoms with Gasteiger partial charge in [-0.05, 0) is 25.7 Å². The van der Waals surface area contributed by atoms with Gasteiger partial charge in [-0.15, -0.1) is 0 Å². The predicted molar refractivity (Wildman–Crippen MR) is 83.4 cm³/mol. The summed E-state index contributed by atoms with van der Waals surface area (Å²) in [6, 6.07) is 0. The van der Waals surface area contributed by atoms with Crippen LogP contribution in [0, 0.1) is 5.92 Å². The third kappa shape index (κ3) is 4.91. The topological polar surface area (TPSA) is 52.6 Å². The number of carbonyl (C=O) groups excluding carboxylic acids is 1. The minimum atomic E-state index is -3.64. The van der Waals surface area contributed by atoms with Crippen LogP contribution in [-0.2, 0) is 18.4 Å². The zero-order valence-corrected chi connectivity index (χ0v) is 14.3. The summed E-state index contributed by atoms with van der Waals surface area (Å²) in [7, 11) is -3.64. The highest BCUT2D eigenvalue weighted by Crippen LogP contribution is 2.55. The first-order chi connectivity index (χ1) is 10.0. The Morgan fingerprint density at radius 1 is 0.857 bits per heavy atom. The van der Waals surface area contributed by atoms with Gasteiger partial charge in [-0.25, -0.2) is 0 Å². The minimum absolute atomic E-state index is 0.0733. The van der Waals surface area contributed by atoms with Gasteiger partial charge in [0.05, 0.1) is 12.2 Å². The van der Waals surface area contributed by atoms with Crippen LogP contribution in [0.4, 0.5) is 0 Å². The standard InChI is InChI=1S/C16H29O4P/c1-13(2)16(17)21(18,19-14-9-5-3-6-10-14)20-15-11-7-4-8-12-15/h13-15H,3-12H2,1-2H3. The van der Waals surface area contributed by atoms with Crippen molar-refractivity contribution in [1.82, 2.24) is 0 Å². The van der Waals surface area contributed by atoms with Gasteiger partial charge < -0.3 is 0 Å². The highest BCUT2D eigenvalue weighted by Gasteiger charge is 2.41. The number of rotatable bonds is 6. The summed E-state index contributed by atoms with van der Waals surface area (Å²) < 4.78 is 24.7. The molecule has 0 amide bonds. The Bertz CT molecular complexity index is 358. The molecule has 2 saturated carbocycles. The lowest BCUT2D eigenvalue weighted by molar-refractivity contribution is -0.117. The Balaban J connectivity index is 2.05. The molecule has 0 radical (unpaired) electrons. The first kappa shape index (κ1) is 17.2. The van der Waals surface area contributed by atoms with E-state index < -0.39 is 7.60 Å². The van der Waals surface area contributed by atoms with Crippen molar-refractivity contribution in [3.63, 3.8) is 0 Å². The van der Waals surface area contributed by atoms with E-state index in [0.29, 0.717) is 0 Å². The second kappa shape index (κ2) is 7.89. The van der Waals surface area contributed by atoms with E-state index in [-0.39, 0.29) is 23.7 Å². The molecule has 0 aromatic rings. The van der Waals surface area contributed by atoms with Crippen molar-refractivity contribution in [2.75, 3.05) is 0 Å². The molecule has 4 nitrogen and oxygen atoms in total. The second-order valence-corrected chi connectivity index (χ2v) is 8.58. The van der Waals surface area contributed by atoms with Gasteiger partial charge in [0.1, 0.15) is 0 Å². The fourth-order valence-electron chi connectivity index (χ4n) is 3.18. The van der Waals surface area contributed by atoms with Crippen LogP contribution in [0.1, 0.15) is 78.1 Å². The van der Waals surface area contributed by atoms with Crippen LogP contribution >= 0.6 is 7.60 Å². The zero-order valence-electron chi connectivity index (χ0n) is 13.4. The van der Waals surface area contributed by atoms with Crippen molar-refractivity contribution in [1.29, 1.82) is 0 Å². The molecule has 0 heterocycles. The van der Waals surface area contributed by atoms with Crippen LogP contribution in [0.5, 0.6) is 0 Å². The van der Waals surface area contributed by atoms with Gasteiger partial charge in [-0.2, -0.15) is 0 Å². The molecule has 0 N–H and O–H groups in total. The van der Waals surface area contributed by atoms with Crippen molar-refractivity contribution in [2.24, 2.45) is 5.92 Å². The van der Waals surface area contributed by atoms with Gasteiger partial charge in [-0.1, -0.05) is 52.4 Å². The lowest BCUT2D eigenvalue weighted by atomic mass is 9.98. The molecule has 0 atom stereocenters. The first-order valence-corrected chi connectivity index (χ1v) is 10.1. The molecule has 0 aromatic carbocycles. The van der Waals surface area contributed by atoms with E-state index in [1.54, 1.807) is 13.8 Å². The molecule has 0 unspecified atom stereocenters. The highest BCUT2D eigenvalue weighted by molar-refractivity contribution is 7.71. The molecule has 5 heteroatoms. The number of hydrogen-bond donors (Lipinski definition) is 0. The Labute approximate surface area is 128 Å². The summed E-state index contributed by atoms with van der Waals surface area (Å²) in [6.07, 6.45) is 10.2. The van der Waals surface area contributed by atoms with E-state index in [2.05, 4.69) is 0 Å². The fraction of sp³-hybridized carbons (Fsp3) is 0.938. The molecule has 2 rings (SSSR count). The van der Waals surface area contributed by atoms with Crippen LogP contribution in [-0.4, -0.2) is 17.7 Å². The van der Waals surface area contributed by atoms with E-state index in [0.717, 1.165) is 51.4 Å². The van der Waals surface area contributed by atoms with Crippen LogP contribution in [0.2, 0.25) is 0 Å². The largest absolute Gasteiger partial charge is 0.397 e. The molecule has 2 aliphatic carbocycles. The molecule has 2 fully saturated rings. The average Bonchev–Trinajstić information content (AvgIpc) is 2.48. The summed E-state index contributed by atoms with van der Waals surface area (Å²) in [4.78, 5) is 12.4. The molecular formula is C16H29O4P. The van der Waals surface area contributed by atoms with Crippen molar-refractivity contribution >= 4 is 13.1 Å². The summed E-state index contributed by atoms with van der Waals surface area (Å²) >= 11 is 0. The van der Waals surface area contributed by atoms with Gasteiger partial charge in [0, 0.05) is 5.92 Å². The Kier molecular flexibility index (Phi) is 6.46. The first-order valence-electron chi connectivity index (χ1n) is 8.52. The van der Waals surface area contributed by atoms with Gasteiger partial charge in [0.15, 0.2) is 0 Å². The molecule has 21 heavy (non-hydrogen) atoms. The SMILES string of the molecule is CC(C)C(=O)P(=O)(OC1CCCCC1)OC1CCCCC1. The van der Waals surface area contributed by atoms with Crippen molar-refractivity contribution in [3.8, 4) is 0 Å². The Morgan fingerprint density at radius 3 is 1.57 bits per heavy atom. The minimum Gasteiger partial charge on any atom is -0.300 e. The number of carbonyl (C=O) groups is 1. The van der Waals surface area contributed by atoms with Crippen molar-refractivity contribution in [3.05, 3.63) is 0 Å². The van der Waals surface area contributed by atoms with E-state index in [1.165, 1.54) is 12.8 Å². The molecule has 0 bridgehead atoms. The monoisotopic (exact) mass is 316 g/mol. The van der Waals surface area contributed by atoms with Crippen LogP contribution in [0.15, 0.2) is 0 Å². The molecule has 0 saturated heterocycles. The highest BCUT2D eigenvalue weighted by atomic mass is 31.2. The molecular weight excluding hydrogens is 287 g/mol. The van der Waals surface area contributed by atoms with Gasteiger partial charge in [0.2, 0.25) is 5.52 Å². The molecule has 122 valence electrons. The molecule has 0 spiro atoms. The van der Waals surface area contributed by atoms with Crippen LogP contribution in [0.25, 0.3) is 0 Å². The lowest BCUT2D eigenvalue weighted by Crippen LogP contribution is -2.24. The zero-order chi connectivity index (χ0) is 15.3. The van der Waals surface area contributed by atoms with Gasteiger partial charge >= 0.3 is 7.60 Å². The summed E-state index contributed by atoms with van der Waals surface area (Å²) in [5.41, 5.74) is -0.348. The summed E-state index contributed by atoms with van der Waals surface area (Å²) in [5, 5.41) is 0. The van der Waals surface area contributed by atoms with E-state index >= 15 is 0 Å². The quantitative estimate of drug-likeness (QED) is 0.643. The molecule has 0 aliphatic heterocycles. The maximum atomic E-state index is 13.1. The predicted octanol–water partition coefficient (Wildman–Crippen LogP) is 5.06. The van der Waals surface area contributed by atoms with Crippen molar-refractivity contribution < 1.29 is 18.4 Å². The third-order valence-electron chi connectivity index (χ3n) is 4.44. The van der Waals surface area contributed by atoms with Gasteiger partial charge in [-0.3, -0.25) is 18.4 Å².